The second kappa shape index (κ2) is 6.38. The highest BCUT2D eigenvalue weighted by molar-refractivity contribution is 6.43. The predicted molar refractivity (Wildman–Crippen MR) is 80.3 cm³/mol. The molecule has 104 valence electrons. The highest BCUT2D eigenvalue weighted by Gasteiger charge is 2.15. The average Bonchev–Trinajstić information content (AvgIpc) is 2.42. The number of Topliss-reactive ketones (excluding diaryl/α,β-unsaturated/α-hetero) is 1. The number of halogens is 3. The van der Waals surface area contributed by atoms with Gasteiger partial charge < -0.3 is 0 Å². The van der Waals surface area contributed by atoms with Crippen LogP contribution in [0.3, 0.4) is 0 Å². The molecule has 0 N–H and O–H groups in total. The minimum atomic E-state index is -0.345. The summed E-state index contributed by atoms with van der Waals surface area (Å²) in [4.78, 5) is 12.3. The van der Waals surface area contributed by atoms with Gasteiger partial charge in [0.25, 0.3) is 0 Å². The van der Waals surface area contributed by atoms with E-state index in [1.165, 1.54) is 12.1 Å². The molecule has 1 nitrogen and oxygen atoms in total. The molecule has 0 saturated carbocycles. The van der Waals surface area contributed by atoms with Crippen LogP contribution >= 0.6 is 23.2 Å². The summed E-state index contributed by atoms with van der Waals surface area (Å²) < 4.78 is 13.3. The Morgan fingerprint density at radius 3 is 2.60 bits per heavy atom. The number of hydrogen-bond donors (Lipinski definition) is 0. The number of aryl methyl sites for hydroxylation is 1. The van der Waals surface area contributed by atoms with Crippen molar-refractivity contribution in [1.82, 2.24) is 0 Å². The highest BCUT2D eigenvalue weighted by atomic mass is 35.5. The fraction of sp³-hybridized carbons (Fsp3) is 0.188. The maximum atomic E-state index is 13.3. The maximum Gasteiger partial charge on any atom is 0.168 e. The first-order valence-electron chi connectivity index (χ1n) is 6.27. The van der Waals surface area contributed by atoms with Crippen LogP contribution < -0.4 is 0 Å². The van der Waals surface area contributed by atoms with E-state index >= 15 is 0 Å². The Kier molecular flexibility index (Phi) is 4.79. The molecule has 20 heavy (non-hydrogen) atoms. The first-order chi connectivity index (χ1) is 9.52. The first-order valence-corrected chi connectivity index (χ1v) is 7.03. The molecule has 0 atom stereocenters. The Bertz CT molecular complexity index is 653. The summed E-state index contributed by atoms with van der Waals surface area (Å²) in [5.74, 6) is -0.514. The van der Waals surface area contributed by atoms with Gasteiger partial charge in [-0.05, 0) is 41.8 Å². The molecule has 2 aromatic rings. The Labute approximate surface area is 127 Å². The fourth-order valence-corrected chi connectivity index (χ4v) is 2.50. The lowest BCUT2D eigenvalue weighted by Crippen LogP contribution is -2.07. The van der Waals surface area contributed by atoms with Gasteiger partial charge in [-0.2, -0.15) is 0 Å². The van der Waals surface area contributed by atoms with Crippen LogP contribution in [0.1, 0.15) is 28.4 Å². The van der Waals surface area contributed by atoms with Crippen LogP contribution in [0, 0.1) is 5.82 Å². The minimum Gasteiger partial charge on any atom is -0.294 e. The largest absolute Gasteiger partial charge is 0.294 e. The molecule has 0 heterocycles. The molecule has 4 heteroatoms. The van der Waals surface area contributed by atoms with Gasteiger partial charge in [0.2, 0.25) is 0 Å². The molecular weight excluding hydrogens is 298 g/mol. The number of hydrogen-bond acceptors (Lipinski definition) is 1. The van der Waals surface area contributed by atoms with Crippen molar-refractivity contribution in [1.29, 1.82) is 0 Å². The minimum absolute atomic E-state index is 0.112. The summed E-state index contributed by atoms with van der Waals surface area (Å²) in [5.41, 5.74) is 2.01. The van der Waals surface area contributed by atoms with E-state index in [1.807, 2.05) is 6.92 Å². The fourth-order valence-electron chi connectivity index (χ4n) is 2.09. The van der Waals surface area contributed by atoms with Gasteiger partial charge in [-0.25, -0.2) is 4.39 Å². The summed E-state index contributed by atoms with van der Waals surface area (Å²) in [6, 6.07) is 9.43. The lowest BCUT2D eigenvalue weighted by molar-refractivity contribution is 0.0993. The van der Waals surface area contributed by atoms with Gasteiger partial charge in [-0.3, -0.25) is 4.79 Å². The molecule has 0 saturated heterocycles. The van der Waals surface area contributed by atoms with E-state index in [1.54, 1.807) is 24.3 Å². The quantitative estimate of drug-likeness (QED) is 0.716. The molecule has 0 spiro atoms. The van der Waals surface area contributed by atoms with Crippen LogP contribution in [0.25, 0.3) is 0 Å². The standard InChI is InChI=1S/C16H13Cl2FO/c1-2-10-6-7-12(19)8-11(10)9-15(20)13-4-3-5-14(17)16(13)18/h3-8H,2,9H2,1H3. The van der Waals surface area contributed by atoms with Crippen LogP contribution in [-0.4, -0.2) is 5.78 Å². The molecule has 0 aliphatic rings. The Morgan fingerprint density at radius 1 is 1.15 bits per heavy atom. The molecule has 0 radical (unpaired) electrons. The topological polar surface area (TPSA) is 17.1 Å². The van der Waals surface area contributed by atoms with Gasteiger partial charge >= 0.3 is 0 Å². The van der Waals surface area contributed by atoms with Gasteiger partial charge in [-0.1, -0.05) is 42.3 Å². The molecule has 0 aromatic heterocycles. The molecule has 2 aromatic carbocycles. The second-order valence-electron chi connectivity index (χ2n) is 4.47. The molecular formula is C16H13Cl2FO. The molecule has 0 unspecified atom stereocenters. The van der Waals surface area contributed by atoms with Gasteiger partial charge in [0, 0.05) is 12.0 Å². The van der Waals surface area contributed by atoms with Gasteiger partial charge in [0.1, 0.15) is 5.82 Å². The van der Waals surface area contributed by atoms with Crippen molar-refractivity contribution in [3.05, 3.63) is 69.0 Å². The Balaban J connectivity index is 2.32. The third kappa shape index (κ3) is 3.20. The van der Waals surface area contributed by atoms with E-state index in [0.29, 0.717) is 16.1 Å². The Hall–Kier alpha value is -1.38. The second-order valence-corrected chi connectivity index (χ2v) is 5.25. The van der Waals surface area contributed by atoms with Gasteiger partial charge in [-0.15, -0.1) is 0 Å². The molecule has 0 amide bonds. The van der Waals surface area contributed by atoms with Gasteiger partial charge in [0.05, 0.1) is 10.0 Å². The summed E-state index contributed by atoms with van der Waals surface area (Å²) in [7, 11) is 0. The third-order valence-electron chi connectivity index (χ3n) is 3.15. The number of benzene rings is 2. The van der Waals surface area contributed by atoms with Crippen molar-refractivity contribution in [2.24, 2.45) is 0 Å². The van der Waals surface area contributed by atoms with E-state index in [-0.39, 0.29) is 23.0 Å². The van der Waals surface area contributed by atoms with Crippen LogP contribution in [0.2, 0.25) is 10.0 Å². The zero-order valence-electron chi connectivity index (χ0n) is 10.9. The zero-order valence-corrected chi connectivity index (χ0v) is 12.4. The molecule has 0 aliphatic heterocycles. The van der Waals surface area contributed by atoms with Crippen molar-refractivity contribution in [2.45, 2.75) is 19.8 Å². The van der Waals surface area contributed by atoms with Crippen molar-refractivity contribution < 1.29 is 9.18 Å². The lowest BCUT2D eigenvalue weighted by atomic mass is 9.97. The lowest BCUT2D eigenvalue weighted by Gasteiger charge is -2.09. The molecule has 0 bridgehead atoms. The van der Waals surface area contributed by atoms with Crippen molar-refractivity contribution >= 4 is 29.0 Å². The zero-order chi connectivity index (χ0) is 14.7. The third-order valence-corrected chi connectivity index (χ3v) is 3.97. The van der Waals surface area contributed by atoms with E-state index in [4.69, 9.17) is 23.2 Å². The van der Waals surface area contributed by atoms with Crippen molar-refractivity contribution in [3.8, 4) is 0 Å². The van der Waals surface area contributed by atoms with Crippen molar-refractivity contribution in [3.63, 3.8) is 0 Å². The first kappa shape index (κ1) is 15.0. The van der Waals surface area contributed by atoms with E-state index in [0.717, 1.165) is 12.0 Å². The van der Waals surface area contributed by atoms with Crippen LogP contribution in [0.4, 0.5) is 4.39 Å². The highest BCUT2D eigenvalue weighted by Crippen LogP contribution is 2.27. The summed E-state index contributed by atoms with van der Waals surface area (Å²) in [6.45, 7) is 1.97. The van der Waals surface area contributed by atoms with E-state index in [9.17, 15) is 9.18 Å². The number of carbonyl (C=O) groups is 1. The Morgan fingerprint density at radius 2 is 1.90 bits per heavy atom. The van der Waals surface area contributed by atoms with E-state index in [2.05, 4.69) is 0 Å². The van der Waals surface area contributed by atoms with Crippen LogP contribution in [-0.2, 0) is 12.8 Å². The summed E-state index contributed by atoms with van der Waals surface area (Å²) in [6.07, 6.45) is 0.854. The van der Waals surface area contributed by atoms with Crippen molar-refractivity contribution in [2.75, 3.05) is 0 Å². The number of rotatable bonds is 4. The normalized spacial score (nSPS) is 10.6. The maximum absolute atomic E-state index is 13.3. The smallest absolute Gasteiger partial charge is 0.168 e. The summed E-state index contributed by atoms with van der Waals surface area (Å²) in [5, 5.41) is 0.584. The van der Waals surface area contributed by atoms with Crippen LogP contribution in [0.15, 0.2) is 36.4 Å². The number of ketones is 1. The average molecular weight is 311 g/mol. The van der Waals surface area contributed by atoms with Crippen LogP contribution in [0.5, 0.6) is 0 Å². The summed E-state index contributed by atoms with van der Waals surface area (Å²) >= 11 is 11.9. The van der Waals surface area contributed by atoms with Gasteiger partial charge in [0.15, 0.2) is 5.78 Å². The van der Waals surface area contributed by atoms with E-state index < -0.39 is 0 Å². The molecule has 2 rings (SSSR count). The SMILES string of the molecule is CCc1ccc(F)cc1CC(=O)c1cccc(Cl)c1Cl. The molecule has 0 fully saturated rings. The predicted octanol–water partition coefficient (Wildman–Crippen LogP) is 5.12. The monoisotopic (exact) mass is 310 g/mol. The number of carbonyl (C=O) groups excluding carboxylic acids is 1. The molecule has 0 aliphatic carbocycles.